The molecule has 3 aromatic carbocycles. The van der Waals surface area contributed by atoms with Crippen LogP contribution in [-0.2, 0) is 10.2 Å². The summed E-state index contributed by atoms with van der Waals surface area (Å²) < 4.78 is 5.21. The molecule has 3 aromatic rings. The van der Waals surface area contributed by atoms with Gasteiger partial charge in [-0.1, -0.05) is 54.1 Å². The number of methoxy groups -OCH3 is 1. The van der Waals surface area contributed by atoms with E-state index in [1.54, 1.807) is 54.5 Å². The van der Waals surface area contributed by atoms with Gasteiger partial charge in [0.15, 0.2) is 11.6 Å². The van der Waals surface area contributed by atoms with Crippen LogP contribution >= 0.6 is 0 Å². The van der Waals surface area contributed by atoms with Crippen LogP contribution in [0.15, 0.2) is 85.5 Å². The van der Waals surface area contributed by atoms with Gasteiger partial charge < -0.3 is 9.64 Å². The van der Waals surface area contributed by atoms with Crippen molar-refractivity contribution in [1.82, 2.24) is 0 Å². The zero-order chi connectivity index (χ0) is 24.0. The molecule has 5 rings (SSSR count). The van der Waals surface area contributed by atoms with Gasteiger partial charge in [-0.15, -0.1) is 6.58 Å². The zero-order valence-corrected chi connectivity index (χ0v) is 19.2. The van der Waals surface area contributed by atoms with E-state index >= 15 is 0 Å². The van der Waals surface area contributed by atoms with Crippen molar-refractivity contribution >= 4 is 23.2 Å². The van der Waals surface area contributed by atoms with E-state index in [0.717, 1.165) is 16.8 Å². The Morgan fingerprint density at radius 3 is 2.06 bits per heavy atom. The molecule has 0 N–H and O–H groups in total. The van der Waals surface area contributed by atoms with Crippen molar-refractivity contribution in [2.75, 3.05) is 18.6 Å². The SMILES string of the molecule is C=CCN1C(=O)[C@@]2(c3ccccc31)[C@@H](C(=O)c1ccc(C)cc1)[C@@H]2C(=O)c1ccc(OC)cc1. The molecule has 5 heteroatoms. The second-order valence-corrected chi connectivity index (χ2v) is 8.87. The molecule has 0 unspecified atom stereocenters. The van der Waals surface area contributed by atoms with Crippen LogP contribution in [0.4, 0.5) is 5.69 Å². The van der Waals surface area contributed by atoms with Gasteiger partial charge in [0.05, 0.1) is 24.4 Å². The van der Waals surface area contributed by atoms with Gasteiger partial charge in [-0.05, 0) is 42.8 Å². The molecule has 0 bridgehead atoms. The zero-order valence-electron chi connectivity index (χ0n) is 19.2. The number of amides is 1. The number of carbonyl (C=O) groups excluding carboxylic acids is 3. The number of Topliss-reactive ketones (excluding diaryl/α,β-unsaturated/α-hetero) is 2. The Morgan fingerprint density at radius 1 is 0.941 bits per heavy atom. The molecular formula is C29H25NO4. The van der Waals surface area contributed by atoms with Crippen LogP contribution in [0.3, 0.4) is 0 Å². The molecule has 2 aliphatic rings. The summed E-state index contributed by atoms with van der Waals surface area (Å²) in [7, 11) is 1.56. The molecule has 1 aliphatic heterocycles. The Bertz CT molecular complexity index is 1310. The van der Waals surface area contributed by atoms with Gasteiger partial charge in [-0.25, -0.2) is 0 Å². The Balaban J connectivity index is 1.64. The molecule has 3 atom stereocenters. The predicted octanol–water partition coefficient (Wildman–Crippen LogP) is 4.79. The summed E-state index contributed by atoms with van der Waals surface area (Å²) in [6.45, 7) is 6.05. The number of hydrogen-bond donors (Lipinski definition) is 0. The Labute approximate surface area is 198 Å². The fraction of sp³-hybridized carbons (Fsp3) is 0.207. The van der Waals surface area contributed by atoms with E-state index in [-0.39, 0.29) is 17.5 Å². The molecule has 1 spiro atoms. The molecule has 5 nitrogen and oxygen atoms in total. The van der Waals surface area contributed by atoms with Gasteiger partial charge in [-0.3, -0.25) is 14.4 Å². The standard InChI is InChI=1S/C29H25NO4/c1-4-17-30-23-8-6-5-7-22(23)29(28(30)33)24(26(31)19-11-9-18(2)10-12-19)25(29)27(32)20-13-15-21(34-3)16-14-20/h4-16,24-25H,1,17H2,2-3H3/t24-,25-,29+/m1/s1. The average Bonchev–Trinajstić information content (AvgIpc) is 3.51. The van der Waals surface area contributed by atoms with Crippen LogP contribution in [0, 0.1) is 18.8 Å². The molecule has 0 aromatic heterocycles. The summed E-state index contributed by atoms with van der Waals surface area (Å²) in [6.07, 6.45) is 1.66. The third kappa shape index (κ3) is 3.04. The predicted molar refractivity (Wildman–Crippen MR) is 130 cm³/mol. The fourth-order valence-corrected chi connectivity index (χ4v) is 5.35. The summed E-state index contributed by atoms with van der Waals surface area (Å²) in [4.78, 5) is 43.2. The van der Waals surface area contributed by atoms with Crippen molar-refractivity contribution in [2.45, 2.75) is 12.3 Å². The van der Waals surface area contributed by atoms with E-state index < -0.39 is 17.3 Å². The van der Waals surface area contributed by atoms with Gasteiger partial charge in [0.25, 0.3) is 0 Å². The highest BCUT2D eigenvalue weighted by Crippen LogP contribution is 2.67. The number of nitrogens with zero attached hydrogens (tertiary/aromatic N) is 1. The maximum atomic E-state index is 13.9. The summed E-state index contributed by atoms with van der Waals surface area (Å²) >= 11 is 0. The number of aryl methyl sites for hydroxylation is 1. The van der Waals surface area contributed by atoms with Crippen molar-refractivity contribution in [3.05, 3.63) is 108 Å². The van der Waals surface area contributed by atoms with Crippen LogP contribution in [-0.4, -0.2) is 31.1 Å². The van der Waals surface area contributed by atoms with Crippen molar-refractivity contribution in [3.8, 4) is 5.75 Å². The molecule has 1 heterocycles. The van der Waals surface area contributed by atoms with Crippen molar-refractivity contribution in [3.63, 3.8) is 0 Å². The van der Waals surface area contributed by atoms with Crippen LogP contribution < -0.4 is 9.64 Å². The summed E-state index contributed by atoms with van der Waals surface area (Å²) in [5.74, 6) is -1.53. The lowest BCUT2D eigenvalue weighted by molar-refractivity contribution is -0.120. The van der Waals surface area contributed by atoms with Gasteiger partial charge in [0.1, 0.15) is 5.75 Å². The minimum atomic E-state index is -1.21. The quantitative estimate of drug-likeness (QED) is 0.383. The van der Waals surface area contributed by atoms with Gasteiger partial charge in [0, 0.05) is 23.4 Å². The first-order valence-electron chi connectivity index (χ1n) is 11.3. The number of ketones is 2. The van der Waals surface area contributed by atoms with E-state index in [2.05, 4.69) is 6.58 Å². The molecule has 1 saturated carbocycles. The highest BCUT2D eigenvalue weighted by atomic mass is 16.5. The molecule has 0 radical (unpaired) electrons. The highest BCUT2D eigenvalue weighted by Gasteiger charge is 2.79. The lowest BCUT2D eigenvalue weighted by atomic mass is 9.90. The number of fused-ring (bicyclic) bond motifs is 2. The van der Waals surface area contributed by atoms with E-state index in [1.165, 1.54) is 0 Å². The largest absolute Gasteiger partial charge is 0.497 e. The minimum absolute atomic E-state index is 0.185. The average molecular weight is 452 g/mol. The monoisotopic (exact) mass is 451 g/mol. The maximum absolute atomic E-state index is 13.9. The van der Waals surface area contributed by atoms with E-state index in [4.69, 9.17) is 4.74 Å². The van der Waals surface area contributed by atoms with Crippen LogP contribution in [0.25, 0.3) is 0 Å². The van der Waals surface area contributed by atoms with Crippen molar-refractivity contribution in [2.24, 2.45) is 11.8 Å². The van der Waals surface area contributed by atoms with Crippen molar-refractivity contribution < 1.29 is 19.1 Å². The highest BCUT2D eigenvalue weighted by molar-refractivity contribution is 6.23. The van der Waals surface area contributed by atoms with Crippen LogP contribution in [0.2, 0.25) is 0 Å². The minimum Gasteiger partial charge on any atom is -0.497 e. The molecule has 1 aliphatic carbocycles. The summed E-state index contributed by atoms with van der Waals surface area (Å²) in [6, 6.07) is 21.5. The number of ether oxygens (including phenoxy) is 1. The lowest BCUT2D eigenvalue weighted by Gasteiger charge is -2.16. The van der Waals surface area contributed by atoms with Gasteiger partial charge >= 0.3 is 0 Å². The molecule has 0 saturated heterocycles. The molecular weight excluding hydrogens is 426 g/mol. The van der Waals surface area contributed by atoms with E-state index in [1.807, 2.05) is 43.3 Å². The van der Waals surface area contributed by atoms with E-state index in [9.17, 15) is 14.4 Å². The van der Waals surface area contributed by atoms with Gasteiger partial charge in [-0.2, -0.15) is 0 Å². The number of carbonyl (C=O) groups is 3. The fourth-order valence-electron chi connectivity index (χ4n) is 5.35. The van der Waals surface area contributed by atoms with Crippen molar-refractivity contribution in [1.29, 1.82) is 0 Å². The second kappa shape index (κ2) is 8.10. The number of anilines is 1. The summed E-state index contributed by atoms with van der Waals surface area (Å²) in [5.41, 5.74) is 2.26. The molecule has 34 heavy (non-hydrogen) atoms. The first kappa shape index (κ1) is 21.8. The topological polar surface area (TPSA) is 63.7 Å². The van der Waals surface area contributed by atoms with Crippen LogP contribution in [0.1, 0.15) is 31.8 Å². The Kier molecular flexibility index (Phi) is 5.20. The van der Waals surface area contributed by atoms with Crippen LogP contribution in [0.5, 0.6) is 5.75 Å². The smallest absolute Gasteiger partial charge is 0.239 e. The lowest BCUT2D eigenvalue weighted by Crippen LogP contribution is -2.35. The Hall–Kier alpha value is -3.99. The third-order valence-electron chi connectivity index (χ3n) is 7.03. The van der Waals surface area contributed by atoms with Gasteiger partial charge in [0.2, 0.25) is 5.91 Å². The molecule has 1 fully saturated rings. The number of rotatable bonds is 7. The maximum Gasteiger partial charge on any atom is 0.239 e. The molecule has 1 amide bonds. The Morgan fingerprint density at radius 2 is 1.50 bits per heavy atom. The number of hydrogen-bond acceptors (Lipinski definition) is 4. The normalized spacial score (nSPS) is 22.4. The first-order valence-corrected chi connectivity index (χ1v) is 11.3. The number of benzene rings is 3. The second-order valence-electron chi connectivity index (χ2n) is 8.87. The summed E-state index contributed by atoms with van der Waals surface area (Å²) in [5, 5.41) is 0. The molecule has 170 valence electrons. The number of para-hydroxylation sites is 1. The van der Waals surface area contributed by atoms with E-state index in [0.29, 0.717) is 23.4 Å². The first-order chi connectivity index (χ1) is 16.4. The third-order valence-corrected chi connectivity index (χ3v) is 7.03.